The summed E-state index contributed by atoms with van der Waals surface area (Å²) in [5, 5.41) is 0. The largest absolute Gasteiger partial charge is 0.490 e. The van der Waals surface area contributed by atoms with E-state index in [0.717, 1.165) is 12.0 Å². The number of methoxy groups -OCH3 is 1. The Morgan fingerprint density at radius 2 is 2.06 bits per heavy atom. The van der Waals surface area contributed by atoms with Crippen LogP contribution in [0.1, 0.15) is 36.7 Å². The molecule has 0 saturated heterocycles. The predicted octanol–water partition coefficient (Wildman–Crippen LogP) is 2.82. The maximum Gasteiger partial charge on any atom is 0.341 e. The summed E-state index contributed by atoms with van der Waals surface area (Å²) < 4.78 is 10.3. The molecule has 0 radical (unpaired) electrons. The first-order valence-electron chi connectivity index (χ1n) is 5.46. The Hall–Kier alpha value is -1.51. The zero-order valence-corrected chi connectivity index (χ0v) is 10.2. The Kier molecular flexibility index (Phi) is 4.35. The zero-order valence-electron chi connectivity index (χ0n) is 10.2. The minimum atomic E-state index is -0.356. The molecule has 0 amide bonds. The van der Waals surface area contributed by atoms with Crippen LogP contribution in [0.2, 0.25) is 0 Å². The number of hydrogen-bond acceptors (Lipinski definition) is 3. The first-order chi connectivity index (χ1) is 7.58. The average Bonchev–Trinajstić information content (AvgIpc) is 2.28. The second-order valence-corrected chi connectivity index (χ2v) is 3.84. The summed E-state index contributed by atoms with van der Waals surface area (Å²) in [4.78, 5) is 11.6. The highest BCUT2D eigenvalue weighted by Gasteiger charge is 2.14. The molecule has 0 N–H and O–H groups in total. The van der Waals surface area contributed by atoms with Crippen molar-refractivity contribution in [2.24, 2.45) is 0 Å². The first-order valence-corrected chi connectivity index (χ1v) is 5.46. The molecular formula is C13H18O3. The number of carbonyl (C=O) groups excluding carboxylic acids is 1. The third-order valence-electron chi connectivity index (χ3n) is 2.22. The molecule has 0 aliphatic carbocycles. The summed E-state index contributed by atoms with van der Waals surface area (Å²) in [6.45, 7) is 5.89. The van der Waals surface area contributed by atoms with Gasteiger partial charge in [-0.25, -0.2) is 4.79 Å². The smallest absolute Gasteiger partial charge is 0.341 e. The number of esters is 1. The molecule has 0 aromatic heterocycles. The molecule has 0 unspecified atom stereocenters. The highest BCUT2D eigenvalue weighted by molar-refractivity contribution is 5.92. The Bertz CT molecular complexity index is 369. The summed E-state index contributed by atoms with van der Waals surface area (Å²) in [6, 6.07) is 5.61. The van der Waals surface area contributed by atoms with Gasteiger partial charge in [0.2, 0.25) is 0 Å². The molecule has 3 heteroatoms. The molecule has 0 saturated carbocycles. The summed E-state index contributed by atoms with van der Waals surface area (Å²) in [5.41, 5.74) is 1.59. The Labute approximate surface area is 96.4 Å². The van der Waals surface area contributed by atoms with Crippen molar-refractivity contribution in [1.82, 2.24) is 0 Å². The number of ether oxygens (including phenoxy) is 2. The van der Waals surface area contributed by atoms with Crippen molar-refractivity contribution in [2.75, 3.05) is 7.11 Å². The maximum absolute atomic E-state index is 11.6. The Morgan fingerprint density at radius 1 is 1.38 bits per heavy atom. The highest BCUT2D eigenvalue weighted by atomic mass is 16.5. The van der Waals surface area contributed by atoms with Crippen molar-refractivity contribution in [3.8, 4) is 5.75 Å². The van der Waals surface area contributed by atoms with Crippen molar-refractivity contribution >= 4 is 5.97 Å². The van der Waals surface area contributed by atoms with E-state index < -0.39 is 0 Å². The van der Waals surface area contributed by atoms with Crippen LogP contribution in [-0.2, 0) is 11.2 Å². The van der Waals surface area contributed by atoms with Gasteiger partial charge in [0.05, 0.1) is 13.2 Å². The van der Waals surface area contributed by atoms with Crippen LogP contribution in [0.25, 0.3) is 0 Å². The molecule has 88 valence electrons. The molecule has 0 spiro atoms. The van der Waals surface area contributed by atoms with Crippen LogP contribution >= 0.6 is 0 Å². The Morgan fingerprint density at radius 3 is 2.56 bits per heavy atom. The zero-order chi connectivity index (χ0) is 12.1. The summed E-state index contributed by atoms with van der Waals surface area (Å²) in [7, 11) is 1.38. The third kappa shape index (κ3) is 2.99. The number of rotatable bonds is 4. The van der Waals surface area contributed by atoms with E-state index >= 15 is 0 Å². The van der Waals surface area contributed by atoms with Crippen LogP contribution < -0.4 is 4.74 Å². The molecule has 0 aliphatic rings. The van der Waals surface area contributed by atoms with E-state index in [1.54, 1.807) is 0 Å². The minimum absolute atomic E-state index is 0.0379. The standard InChI is InChI=1S/C13H18O3/c1-5-10-6-7-12(16-9(2)3)11(8-10)13(14)15-4/h6-9H,5H2,1-4H3. The third-order valence-corrected chi connectivity index (χ3v) is 2.22. The molecule has 0 bridgehead atoms. The van der Waals surface area contributed by atoms with Crippen LogP contribution in [0.4, 0.5) is 0 Å². The summed E-state index contributed by atoms with van der Waals surface area (Å²) >= 11 is 0. The number of hydrogen-bond donors (Lipinski definition) is 0. The van der Waals surface area contributed by atoms with Crippen LogP contribution in [0.15, 0.2) is 18.2 Å². The average molecular weight is 222 g/mol. The van der Waals surface area contributed by atoms with Crippen LogP contribution in [0.5, 0.6) is 5.75 Å². The first kappa shape index (κ1) is 12.6. The number of benzene rings is 1. The van der Waals surface area contributed by atoms with E-state index in [0.29, 0.717) is 11.3 Å². The fourth-order valence-electron chi connectivity index (χ4n) is 1.42. The highest BCUT2D eigenvalue weighted by Crippen LogP contribution is 2.22. The molecule has 16 heavy (non-hydrogen) atoms. The fourth-order valence-corrected chi connectivity index (χ4v) is 1.42. The molecule has 0 aliphatic heterocycles. The van der Waals surface area contributed by atoms with Gasteiger partial charge in [0.25, 0.3) is 0 Å². The lowest BCUT2D eigenvalue weighted by atomic mass is 10.1. The van der Waals surface area contributed by atoms with Crippen LogP contribution in [0.3, 0.4) is 0 Å². The minimum Gasteiger partial charge on any atom is -0.490 e. The maximum atomic E-state index is 11.6. The van der Waals surface area contributed by atoms with Gasteiger partial charge in [-0.1, -0.05) is 13.0 Å². The molecule has 0 atom stereocenters. The van der Waals surface area contributed by atoms with Gasteiger partial charge in [-0.2, -0.15) is 0 Å². The van der Waals surface area contributed by atoms with Gasteiger partial charge >= 0.3 is 5.97 Å². The normalized spacial score (nSPS) is 10.3. The molecule has 3 nitrogen and oxygen atoms in total. The quantitative estimate of drug-likeness (QED) is 0.735. The lowest BCUT2D eigenvalue weighted by Crippen LogP contribution is -2.11. The monoisotopic (exact) mass is 222 g/mol. The van der Waals surface area contributed by atoms with E-state index in [1.165, 1.54) is 7.11 Å². The fraction of sp³-hybridized carbons (Fsp3) is 0.462. The molecule has 0 fully saturated rings. The van der Waals surface area contributed by atoms with Gasteiger partial charge in [0.15, 0.2) is 0 Å². The Balaban J connectivity index is 3.11. The van der Waals surface area contributed by atoms with Gasteiger partial charge in [-0.15, -0.1) is 0 Å². The van der Waals surface area contributed by atoms with Crippen molar-refractivity contribution in [1.29, 1.82) is 0 Å². The van der Waals surface area contributed by atoms with Gasteiger partial charge in [-0.3, -0.25) is 0 Å². The molecule has 1 aromatic rings. The van der Waals surface area contributed by atoms with Crippen LogP contribution in [0, 0.1) is 0 Å². The van der Waals surface area contributed by atoms with Gasteiger partial charge in [-0.05, 0) is 38.0 Å². The van der Waals surface area contributed by atoms with E-state index in [9.17, 15) is 4.79 Å². The molecule has 1 aromatic carbocycles. The summed E-state index contributed by atoms with van der Waals surface area (Å²) in [6.07, 6.45) is 0.919. The predicted molar refractivity (Wildman–Crippen MR) is 62.9 cm³/mol. The number of carbonyl (C=O) groups is 1. The van der Waals surface area contributed by atoms with E-state index in [1.807, 2.05) is 39.0 Å². The topological polar surface area (TPSA) is 35.5 Å². The van der Waals surface area contributed by atoms with Crippen LogP contribution in [-0.4, -0.2) is 19.2 Å². The van der Waals surface area contributed by atoms with Crippen molar-refractivity contribution < 1.29 is 14.3 Å². The second-order valence-electron chi connectivity index (χ2n) is 3.84. The lowest BCUT2D eigenvalue weighted by Gasteiger charge is -2.13. The molecule has 0 heterocycles. The van der Waals surface area contributed by atoms with Gasteiger partial charge in [0.1, 0.15) is 11.3 Å². The molecular weight excluding hydrogens is 204 g/mol. The summed E-state index contributed by atoms with van der Waals surface area (Å²) in [5.74, 6) is 0.227. The lowest BCUT2D eigenvalue weighted by molar-refractivity contribution is 0.0594. The van der Waals surface area contributed by atoms with Gasteiger partial charge in [0, 0.05) is 0 Å². The van der Waals surface area contributed by atoms with Crippen molar-refractivity contribution in [3.63, 3.8) is 0 Å². The van der Waals surface area contributed by atoms with E-state index in [2.05, 4.69) is 0 Å². The SMILES string of the molecule is CCc1ccc(OC(C)C)c(C(=O)OC)c1. The second kappa shape index (κ2) is 5.54. The van der Waals surface area contributed by atoms with E-state index in [-0.39, 0.29) is 12.1 Å². The van der Waals surface area contributed by atoms with Gasteiger partial charge < -0.3 is 9.47 Å². The van der Waals surface area contributed by atoms with Crippen molar-refractivity contribution in [2.45, 2.75) is 33.3 Å². The van der Waals surface area contributed by atoms with E-state index in [4.69, 9.17) is 9.47 Å². The molecule has 1 rings (SSSR count). The number of aryl methyl sites for hydroxylation is 1. The van der Waals surface area contributed by atoms with Crippen molar-refractivity contribution in [3.05, 3.63) is 29.3 Å².